The van der Waals surface area contributed by atoms with Crippen molar-refractivity contribution in [1.29, 1.82) is 0 Å². The van der Waals surface area contributed by atoms with Crippen LogP contribution in [-0.4, -0.2) is 41.9 Å². The molecule has 0 unspecified atom stereocenters. The molecule has 1 aromatic carbocycles. The van der Waals surface area contributed by atoms with Crippen LogP contribution in [0.25, 0.3) is 48.9 Å². The molecule has 0 bridgehead atoms. The van der Waals surface area contributed by atoms with Crippen molar-refractivity contribution in [3.8, 4) is 28.5 Å². The first-order valence-corrected chi connectivity index (χ1v) is 10.9. The van der Waals surface area contributed by atoms with E-state index < -0.39 is 11.9 Å². The van der Waals surface area contributed by atoms with Crippen LogP contribution in [0.3, 0.4) is 0 Å². The van der Waals surface area contributed by atoms with E-state index in [2.05, 4.69) is 30.2 Å². The summed E-state index contributed by atoms with van der Waals surface area (Å²) in [5.74, 6) is 1.13. The molecule has 0 aliphatic heterocycles. The third-order valence-electron chi connectivity index (χ3n) is 5.46. The van der Waals surface area contributed by atoms with Crippen molar-refractivity contribution < 1.29 is 17.9 Å². The minimum atomic E-state index is -4.53. The second-order valence-electron chi connectivity index (χ2n) is 7.63. The highest BCUT2D eigenvalue weighted by Gasteiger charge is 2.33. The Hall–Kier alpha value is -4.06. The maximum Gasteiger partial charge on any atom is 0.433 e. The second kappa shape index (κ2) is 7.22. The topological polar surface area (TPSA) is 93.9 Å². The normalized spacial score (nSPS) is 12.3. The molecular weight excluding hydrogens is 467 g/mol. The van der Waals surface area contributed by atoms with Gasteiger partial charge in [0.15, 0.2) is 11.5 Å². The number of hydrogen-bond acceptors (Lipinski definition) is 7. The molecule has 0 fully saturated rings. The Morgan fingerprint density at radius 1 is 1.09 bits per heavy atom. The van der Waals surface area contributed by atoms with E-state index >= 15 is 0 Å². The summed E-state index contributed by atoms with van der Waals surface area (Å²) in [6.07, 6.45) is -3.03. The molecule has 6 aromatic rings. The molecule has 5 heterocycles. The molecular formula is C22H14F3N7OS. The van der Waals surface area contributed by atoms with Crippen LogP contribution in [0.4, 0.5) is 13.2 Å². The lowest BCUT2D eigenvalue weighted by Gasteiger charge is -2.06. The number of rotatable bonds is 3. The molecule has 0 radical (unpaired) electrons. The third kappa shape index (κ3) is 3.17. The smallest absolute Gasteiger partial charge is 0.433 e. The monoisotopic (exact) mass is 481 g/mol. The van der Waals surface area contributed by atoms with E-state index in [1.807, 2.05) is 30.3 Å². The van der Waals surface area contributed by atoms with E-state index in [4.69, 9.17) is 4.74 Å². The van der Waals surface area contributed by atoms with Gasteiger partial charge in [-0.05, 0) is 48.9 Å². The summed E-state index contributed by atoms with van der Waals surface area (Å²) in [4.78, 5) is 13.2. The Morgan fingerprint density at radius 2 is 1.88 bits per heavy atom. The van der Waals surface area contributed by atoms with Crippen LogP contribution in [0.5, 0.6) is 5.75 Å². The summed E-state index contributed by atoms with van der Waals surface area (Å²) in [5.41, 5.74) is 2.76. The highest BCUT2D eigenvalue weighted by molar-refractivity contribution is 7.26. The Labute approximate surface area is 193 Å². The molecule has 1 N–H and O–H groups in total. The van der Waals surface area contributed by atoms with E-state index in [9.17, 15) is 13.2 Å². The van der Waals surface area contributed by atoms with Crippen molar-refractivity contribution in [2.75, 3.05) is 7.11 Å². The zero-order valence-corrected chi connectivity index (χ0v) is 18.5. The predicted molar refractivity (Wildman–Crippen MR) is 121 cm³/mol. The Bertz CT molecular complexity index is 1700. The number of thiophene rings is 1. The Balaban J connectivity index is 1.46. The first-order chi connectivity index (χ1) is 16.3. The average Bonchev–Trinajstić information content (AvgIpc) is 3.54. The molecule has 0 spiro atoms. The van der Waals surface area contributed by atoms with Gasteiger partial charge >= 0.3 is 6.18 Å². The van der Waals surface area contributed by atoms with E-state index in [1.54, 1.807) is 14.0 Å². The van der Waals surface area contributed by atoms with Gasteiger partial charge in [0.2, 0.25) is 0 Å². The third-order valence-corrected chi connectivity index (χ3v) is 6.53. The molecule has 0 amide bonds. The van der Waals surface area contributed by atoms with Crippen LogP contribution in [0, 0.1) is 6.92 Å². The standard InChI is InChI=1S/C22H14F3N7OS/c1-10-7-15(22(23,24)25)27-21-16(10)17-18(34-21)20-28-19(31-32(20)9-26-17)14-8-13(29-30-14)11-3-5-12(33-2)6-4-11/h3-9H,1-2H3,(H,29,30). The van der Waals surface area contributed by atoms with E-state index in [0.717, 1.165) is 28.7 Å². The minimum Gasteiger partial charge on any atom is -0.497 e. The second-order valence-corrected chi connectivity index (χ2v) is 8.62. The molecule has 0 aliphatic rings. The predicted octanol–water partition coefficient (Wildman–Crippen LogP) is 5.28. The lowest BCUT2D eigenvalue weighted by Crippen LogP contribution is -2.07. The number of benzene rings is 1. The Morgan fingerprint density at radius 3 is 2.62 bits per heavy atom. The van der Waals surface area contributed by atoms with Crippen LogP contribution in [-0.2, 0) is 6.18 Å². The van der Waals surface area contributed by atoms with Gasteiger partial charge in [0.05, 0.1) is 18.3 Å². The van der Waals surface area contributed by atoms with Gasteiger partial charge in [-0.15, -0.1) is 16.4 Å². The largest absolute Gasteiger partial charge is 0.497 e. The summed E-state index contributed by atoms with van der Waals surface area (Å²) in [6, 6.07) is 10.3. The highest BCUT2D eigenvalue weighted by atomic mass is 32.1. The van der Waals surface area contributed by atoms with Crippen LogP contribution in [0.1, 0.15) is 11.3 Å². The van der Waals surface area contributed by atoms with Crippen LogP contribution >= 0.6 is 11.3 Å². The van der Waals surface area contributed by atoms with Crippen LogP contribution < -0.4 is 4.74 Å². The molecule has 8 nitrogen and oxygen atoms in total. The van der Waals surface area contributed by atoms with E-state index in [0.29, 0.717) is 44.0 Å². The Kier molecular flexibility index (Phi) is 4.36. The van der Waals surface area contributed by atoms with Gasteiger partial charge < -0.3 is 4.74 Å². The van der Waals surface area contributed by atoms with Crippen molar-refractivity contribution in [1.82, 2.24) is 34.8 Å². The van der Waals surface area contributed by atoms with E-state index in [-0.39, 0.29) is 4.83 Å². The number of hydrogen-bond donors (Lipinski definition) is 1. The maximum absolute atomic E-state index is 13.2. The number of nitrogens with one attached hydrogen (secondary N) is 1. The number of nitrogens with zero attached hydrogens (tertiary/aromatic N) is 6. The number of pyridine rings is 1. The van der Waals surface area contributed by atoms with Crippen molar-refractivity contribution in [3.05, 3.63) is 54.0 Å². The number of ether oxygens (including phenoxy) is 1. The maximum atomic E-state index is 13.2. The van der Waals surface area contributed by atoms with Gasteiger partial charge in [0, 0.05) is 10.9 Å². The summed E-state index contributed by atoms with van der Waals surface area (Å²) in [5, 5.41) is 12.4. The molecule has 170 valence electrons. The number of aryl methyl sites for hydroxylation is 1. The van der Waals surface area contributed by atoms with Gasteiger partial charge in [-0.25, -0.2) is 19.5 Å². The molecule has 12 heteroatoms. The number of H-pyrrole nitrogens is 1. The van der Waals surface area contributed by atoms with Gasteiger partial charge in [-0.1, -0.05) is 0 Å². The average molecular weight is 481 g/mol. The van der Waals surface area contributed by atoms with Crippen molar-refractivity contribution in [2.24, 2.45) is 0 Å². The zero-order valence-electron chi connectivity index (χ0n) is 17.7. The highest BCUT2D eigenvalue weighted by Crippen LogP contribution is 2.38. The number of halogens is 3. The first-order valence-electron chi connectivity index (χ1n) is 10.0. The SMILES string of the molecule is COc1ccc(-c2cc(-c3nc4c5sc6nc(C(F)(F)F)cc(C)c6c5ncn4n3)[nH]n2)cc1. The lowest BCUT2D eigenvalue weighted by molar-refractivity contribution is -0.141. The minimum absolute atomic E-state index is 0.260. The number of aromatic amines is 1. The van der Waals surface area contributed by atoms with Gasteiger partial charge in [0.25, 0.3) is 0 Å². The lowest BCUT2D eigenvalue weighted by atomic mass is 10.1. The molecule has 0 saturated heterocycles. The van der Waals surface area contributed by atoms with Gasteiger partial charge in [-0.3, -0.25) is 5.10 Å². The fourth-order valence-electron chi connectivity index (χ4n) is 3.81. The molecule has 0 atom stereocenters. The summed E-state index contributed by atoms with van der Waals surface area (Å²) in [6.45, 7) is 1.62. The number of fused-ring (bicyclic) bond motifs is 5. The number of alkyl halides is 3. The fourth-order valence-corrected chi connectivity index (χ4v) is 4.99. The van der Waals surface area contributed by atoms with Gasteiger partial charge in [-0.2, -0.15) is 18.3 Å². The first kappa shape index (κ1) is 20.5. The summed E-state index contributed by atoms with van der Waals surface area (Å²) < 4.78 is 47.0. The molecule has 0 saturated carbocycles. The van der Waals surface area contributed by atoms with Crippen LogP contribution in [0.2, 0.25) is 0 Å². The van der Waals surface area contributed by atoms with Gasteiger partial charge in [0.1, 0.15) is 33.0 Å². The summed E-state index contributed by atoms with van der Waals surface area (Å²) >= 11 is 1.12. The number of methoxy groups -OCH3 is 1. The van der Waals surface area contributed by atoms with Crippen molar-refractivity contribution in [3.63, 3.8) is 0 Å². The number of aromatic nitrogens is 7. The quantitative estimate of drug-likeness (QED) is 0.370. The molecule has 0 aliphatic carbocycles. The zero-order chi connectivity index (χ0) is 23.6. The van der Waals surface area contributed by atoms with Crippen LogP contribution in [0.15, 0.2) is 42.7 Å². The van der Waals surface area contributed by atoms with Crippen molar-refractivity contribution in [2.45, 2.75) is 13.1 Å². The molecule has 5 aromatic heterocycles. The summed E-state index contributed by atoms with van der Waals surface area (Å²) in [7, 11) is 1.60. The van der Waals surface area contributed by atoms with Crippen molar-refractivity contribution >= 4 is 37.4 Å². The molecule has 34 heavy (non-hydrogen) atoms. The van der Waals surface area contributed by atoms with E-state index in [1.165, 1.54) is 10.8 Å². The molecule has 6 rings (SSSR count). The fraction of sp³-hybridized carbons (Fsp3) is 0.136.